The van der Waals surface area contributed by atoms with Gasteiger partial charge in [-0.1, -0.05) is 67.6 Å². The molecule has 2 saturated carbocycles. The van der Waals surface area contributed by atoms with Crippen LogP contribution in [-0.4, -0.2) is 0 Å². The highest BCUT2D eigenvalue weighted by atomic mass is 14.9. The summed E-state index contributed by atoms with van der Waals surface area (Å²) < 4.78 is 0. The Labute approximate surface area is 102 Å². The van der Waals surface area contributed by atoms with E-state index in [4.69, 9.17) is 0 Å². The van der Waals surface area contributed by atoms with Gasteiger partial charge in [0.15, 0.2) is 0 Å². The Hall–Kier alpha value is -1.56. The van der Waals surface area contributed by atoms with Crippen molar-refractivity contribution in [2.45, 2.75) is 18.8 Å². The molecule has 2 aromatic carbocycles. The Morgan fingerprint density at radius 3 is 1.53 bits per heavy atom. The average molecular weight is 220 g/mol. The average Bonchev–Trinajstić information content (AvgIpc) is 3.20. The summed E-state index contributed by atoms with van der Waals surface area (Å²) in [6, 6.07) is 22.1. The summed E-state index contributed by atoms with van der Waals surface area (Å²) in [6.07, 6.45) is 1.40. The Morgan fingerprint density at radius 2 is 1.24 bits per heavy atom. The molecule has 0 aromatic heterocycles. The van der Waals surface area contributed by atoms with Crippen molar-refractivity contribution in [2.24, 2.45) is 11.3 Å². The van der Waals surface area contributed by atoms with Crippen LogP contribution in [0.2, 0.25) is 0 Å². The standard InChI is InChI=1S/C17H16/c1-16-12-15(16)17(16,13-8-4-2-5-9-13)14-10-6-3-7-11-14/h2-11,15H,12H2,1H3/t15-,16-/m0/s1. The van der Waals surface area contributed by atoms with E-state index in [-0.39, 0.29) is 0 Å². The first-order chi connectivity index (χ1) is 8.30. The lowest BCUT2D eigenvalue weighted by Crippen LogP contribution is -2.22. The van der Waals surface area contributed by atoms with E-state index in [0.717, 1.165) is 5.92 Å². The van der Waals surface area contributed by atoms with Gasteiger partial charge in [0.2, 0.25) is 0 Å². The van der Waals surface area contributed by atoms with E-state index in [1.807, 2.05) is 0 Å². The Balaban J connectivity index is 1.90. The van der Waals surface area contributed by atoms with E-state index in [1.165, 1.54) is 17.5 Å². The number of benzene rings is 2. The molecule has 4 rings (SSSR count). The molecule has 2 fully saturated rings. The predicted molar refractivity (Wildman–Crippen MR) is 69.9 cm³/mol. The SMILES string of the molecule is C[C@]12C[C@@H]1C2(c1ccccc1)c1ccccc1. The molecule has 0 heterocycles. The Bertz CT molecular complexity index is 516. The molecule has 84 valence electrons. The van der Waals surface area contributed by atoms with Gasteiger partial charge in [-0.25, -0.2) is 0 Å². The maximum absolute atomic E-state index is 2.44. The van der Waals surface area contributed by atoms with Gasteiger partial charge in [-0.3, -0.25) is 0 Å². The van der Waals surface area contributed by atoms with E-state index in [9.17, 15) is 0 Å². The van der Waals surface area contributed by atoms with Crippen LogP contribution < -0.4 is 0 Å². The fraction of sp³-hybridized carbons (Fsp3) is 0.294. The van der Waals surface area contributed by atoms with Gasteiger partial charge in [-0.2, -0.15) is 0 Å². The molecule has 2 aromatic rings. The molecule has 0 amide bonds. The van der Waals surface area contributed by atoms with E-state index in [0.29, 0.717) is 10.8 Å². The third kappa shape index (κ3) is 0.952. The Kier molecular flexibility index (Phi) is 1.57. The molecular formula is C17H16. The van der Waals surface area contributed by atoms with Crippen molar-refractivity contribution in [2.75, 3.05) is 0 Å². The minimum absolute atomic E-state index is 0.329. The van der Waals surface area contributed by atoms with Crippen LogP contribution in [0.4, 0.5) is 0 Å². The first kappa shape index (κ1) is 9.47. The zero-order valence-electron chi connectivity index (χ0n) is 10.1. The van der Waals surface area contributed by atoms with Crippen molar-refractivity contribution < 1.29 is 0 Å². The molecule has 0 heteroatoms. The molecule has 0 unspecified atom stereocenters. The summed E-state index contributed by atoms with van der Waals surface area (Å²) in [5.74, 6) is 0.875. The summed E-state index contributed by atoms with van der Waals surface area (Å²) >= 11 is 0. The van der Waals surface area contributed by atoms with Crippen LogP contribution in [0.15, 0.2) is 60.7 Å². The lowest BCUT2D eigenvalue weighted by Gasteiger charge is -2.27. The van der Waals surface area contributed by atoms with E-state index < -0.39 is 0 Å². The zero-order chi connectivity index (χ0) is 11.5. The molecule has 0 bridgehead atoms. The number of hydrogen-bond acceptors (Lipinski definition) is 0. The molecule has 17 heavy (non-hydrogen) atoms. The molecule has 2 atom stereocenters. The monoisotopic (exact) mass is 220 g/mol. The van der Waals surface area contributed by atoms with Gasteiger partial charge in [0.1, 0.15) is 0 Å². The first-order valence-electron chi connectivity index (χ1n) is 6.41. The van der Waals surface area contributed by atoms with Crippen LogP contribution in [0.5, 0.6) is 0 Å². The quantitative estimate of drug-likeness (QED) is 0.717. The third-order valence-corrected chi connectivity index (χ3v) is 5.04. The molecule has 0 aliphatic heterocycles. The van der Waals surface area contributed by atoms with Gasteiger partial charge in [0.05, 0.1) is 0 Å². The fourth-order valence-electron chi connectivity index (χ4n) is 3.96. The minimum Gasteiger partial charge on any atom is -0.0622 e. The van der Waals surface area contributed by atoms with Crippen molar-refractivity contribution in [3.8, 4) is 0 Å². The first-order valence-corrected chi connectivity index (χ1v) is 6.41. The van der Waals surface area contributed by atoms with Crippen molar-refractivity contribution in [3.05, 3.63) is 71.8 Å². The molecule has 0 saturated heterocycles. The van der Waals surface area contributed by atoms with E-state index in [1.54, 1.807) is 0 Å². The molecule has 0 spiro atoms. The molecular weight excluding hydrogens is 204 g/mol. The van der Waals surface area contributed by atoms with Crippen LogP contribution in [-0.2, 0) is 5.41 Å². The molecule has 2 aliphatic carbocycles. The lowest BCUT2D eigenvalue weighted by atomic mass is 9.76. The highest BCUT2D eigenvalue weighted by molar-refractivity contribution is 5.59. The highest BCUT2D eigenvalue weighted by Gasteiger charge is 2.86. The predicted octanol–water partition coefficient (Wildman–Crippen LogP) is 4.01. The maximum Gasteiger partial charge on any atom is 0.0293 e. The van der Waals surface area contributed by atoms with Gasteiger partial charge >= 0.3 is 0 Å². The fourth-order valence-corrected chi connectivity index (χ4v) is 3.96. The van der Waals surface area contributed by atoms with Crippen LogP contribution in [0.1, 0.15) is 24.5 Å². The summed E-state index contributed by atoms with van der Waals surface area (Å²) in [6.45, 7) is 2.44. The second-order valence-corrected chi connectivity index (χ2v) is 5.71. The molecule has 0 nitrogen and oxygen atoms in total. The second kappa shape index (κ2) is 2.81. The smallest absolute Gasteiger partial charge is 0.0293 e. The second-order valence-electron chi connectivity index (χ2n) is 5.71. The number of rotatable bonds is 2. The molecule has 0 radical (unpaired) electrons. The zero-order valence-corrected chi connectivity index (χ0v) is 10.1. The number of hydrogen-bond donors (Lipinski definition) is 0. The minimum atomic E-state index is 0.329. The number of fused-ring (bicyclic) bond motifs is 1. The van der Waals surface area contributed by atoms with Gasteiger partial charge in [0, 0.05) is 5.41 Å². The van der Waals surface area contributed by atoms with Crippen molar-refractivity contribution >= 4 is 0 Å². The lowest BCUT2D eigenvalue weighted by molar-refractivity contribution is 0.507. The van der Waals surface area contributed by atoms with Gasteiger partial charge in [-0.05, 0) is 28.9 Å². The van der Waals surface area contributed by atoms with Gasteiger partial charge in [0.25, 0.3) is 0 Å². The molecule has 0 N–H and O–H groups in total. The summed E-state index contributed by atoms with van der Waals surface area (Å²) in [4.78, 5) is 0. The molecule has 2 aliphatic rings. The van der Waals surface area contributed by atoms with Crippen molar-refractivity contribution in [1.29, 1.82) is 0 Å². The maximum atomic E-state index is 2.44. The third-order valence-electron chi connectivity index (χ3n) is 5.04. The van der Waals surface area contributed by atoms with Crippen molar-refractivity contribution in [3.63, 3.8) is 0 Å². The largest absolute Gasteiger partial charge is 0.0622 e. The summed E-state index contributed by atoms with van der Waals surface area (Å²) in [5.41, 5.74) is 3.88. The van der Waals surface area contributed by atoms with Crippen molar-refractivity contribution in [1.82, 2.24) is 0 Å². The van der Waals surface area contributed by atoms with Gasteiger partial charge < -0.3 is 0 Å². The highest BCUT2D eigenvalue weighted by Crippen LogP contribution is 2.89. The van der Waals surface area contributed by atoms with Gasteiger partial charge in [-0.15, -0.1) is 0 Å². The Morgan fingerprint density at radius 1 is 0.824 bits per heavy atom. The van der Waals surface area contributed by atoms with Crippen LogP contribution in [0, 0.1) is 11.3 Å². The normalized spacial score (nSPS) is 31.7. The van der Waals surface area contributed by atoms with Crippen LogP contribution in [0.25, 0.3) is 0 Å². The topological polar surface area (TPSA) is 0 Å². The summed E-state index contributed by atoms with van der Waals surface area (Å²) in [5, 5.41) is 0. The van der Waals surface area contributed by atoms with E-state index in [2.05, 4.69) is 67.6 Å². The van der Waals surface area contributed by atoms with E-state index >= 15 is 0 Å². The summed E-state index contributed by atoms with van der Waals surface area (Å²) in [7, 11) is 0. The van der Waals surface area contributed by atoms with Crippen LogP contribution in [0.3, 0.4) is 0 Å². The van der Waals surface area contributed by atoms with Crippen LogP contribution >= 0.6 is 0 Å².